The summed E-state index contributed by atoms with van der Waals surface area (Å²) >= 11 is 0. The lowest BCUT2D eigenvalue weighted by Crippen LogP contribution is -2.54. The van der Waals surface area contributed by atoms with Crippen molar-refractivity contribution < 1.29 is 19.1 Å². The molecule has 0 unspecified atom stereocenters. The zero-order valence-electron chi connectivity index (χ0n) is 14.3. The summed E-state index contributed by atoms with van der Waals surface area (Å²) in [7, 11) is 0. The van der Waals surface area contributed by atoms with Gasteiger partial charge in [-0.2, -0.15) is 0 Å². The fourth-order valence-corrected chi connectivity index (χ4v) is 3.21. The van der Waals surface area contributed by atoms with Crippen LogP contribution in [0.5, 0.6) is 0 Å². The molecule has 6 N–H and O–H groups in total. The molecule has 8 heteroatoms. The predicted octanol–water partition coefficient (Wildman–Crippen LogP) is 1.90. The summed E-state index contributed by atoms with van der Waals surface area (Å²) in [6.45, 7) is 0.198. The van der Waals surface area contributed by atoms with Crippen LogP contribution in [-0.4, -0.2) is 27.5 Å². The Bertz CT molecular complexity index is 824. The van der Waals surface area contributed by atoms with Crippen LogP contribution >= 0.6 is 0 Å². The standard InChI is InChI=1S/C18H22N4O4/c19-15-12(9-21-10-13(15)16(23)24)14-5-4-11(26-14)8-22-17(25)18(20)6-2-1-3-7-18/h4-5,9-10H,1-3,6-8,20H2,(H2,19,21)(H,22,25)(H,23,24). The van der Waals surface area contributed by atoms with Crippen LogP contribution in [0.1, 0.15) is 48.2 Å². The van der Waals surface area contributed by atoms with Crippen molar-refractivity contribution in [1.82, 2.24) is 10.3 Å². The Morgan fingerprint density at radius 2 is 1.96 bits per heavy atom. The summed E-state index contributed by atoms with van der Waals surface area (Å²) in [6, 6.07) is 3.37. The summed E-state index contributed by atoms with van der Waals surface area (Å²) < 4.78 is 5.69. The third kappa shape index (κ3) is 3.55. The maximum absolute atomic E-state index is 12.4. The van der Waals surface area contributed by atoms with Gasteiger partial charge in [-0.05, 0) is 25.0 Å². The molecule has 8 nitrogen and oxygen atoms in total. The fourth-order valence-electron chi connectivity index (χ4n) is 3.21. The number of nitrogens with zero attached hydrogens (tertiary/aromatic N) is 1. The molecule has 0 saturated heterocycles. The molecule has 1 fully saturated rings. The summed E-state index contributed by atoms with van der Waals surface area (Å²) in [5, 5.41) is 11.9. The van der Waals surface area contributed by atoms with Crippen LogP contribution in [0.25, 0.3) is 11.3 Å². The molecule has 26 heavy (non-hydrogen) atoms. The molecular weight excluding hydrogens is 336 g/mol. The quantitative estimate of drug-likeness (QED) is 0.638. The molecule has 2 heterocycles. The van der Waals surface area contributed by atoms with E-state index in [1.54, 1.807) is 12.1 Å². The highest BCUT2D eigenvalue weighted by Gasteiger charge is 2.35. The van der Waals surface area contributed by atoms with Crippen molar-refractivity contribution in [2.24, 2.45) is 5.73 Å². The lowest BCUT2D eigenvalue weighted by molar-refractivity contribution is -0.127. The average Bonchev–Trinajstić information content (AvgIpc) is 3.09. The van der Waals surface area contributed by atoms with Crippen molar-refractivity contribution in [3.05, 3.63) is 35.9 Å². The number of rotatable bonds is 5. The molecule has 0 bridgehead atoms. The molecule has 2 aromatic rings. The zero-order chi connectivity index (χ0) is 18.7. The monoisotopic (exact) mass is 358 g/mol. The number of pyridine rings is 1. The topological polar surface area (TPSA) is 144 Å². The number of aromatic carboxylic acids is 1. The molecule has 3 rings (SSSR count). The predicted molar refractivity (Wildman–Crippen MR) is 95.2 cm³/mol. The Morgan fingerprint density at radius 3 is 2.65 bits per heavy atom. The first kappa shape index (κ1) is 17.9. The molecule has 1 amide bonds. The number of amides is 1. The van der Waals surface area contributed by atoms with Gasteiger partial charge in [-0.25, -0.2) is 4.79 Å². The van der Waals surface area contributed by atoms with E-state index in [1.165, 1.54) is 12.4 Å². The SMILES string of the molecule is Nc1c(C(=O)O)cncc1-c1ccc(CNC(=O)C2(N)CCCCC2)o1. The van der Waals surface area contributed by atoms with Crippen molar-refractivity contribution in [2.75, 3.05) is 5.73 Å². The maximum atomic E-state index is 12.4. The normalized spacial score (nSPS) is 16.2. The molecule has 0 spiro atoms. The molecular formula is C18H22N4O4. The smallest absolute Gasteiger partial charge is 0.339 e. The number of nitrogen functional groups attached to an aromatic ring is 1. The first-order valence-electron chi connectivity index (χ1n) is 8.54. The lowest BCUT2D eigenvalue weighted by atomic mass is 9.82. The van der Waals surface area contributed by atoms with E-state index in [4.69, 9.17) is 21.0 Å². The van der Waals surface area contributed by atoms with E-state index in [0.29, 0.717) is 29.9 Å². The number of nitrogens with two attached hydrogens (primary N) is 2. The number of furan rings is 1. The number of carboxylic acids is 1. The summed E-state index contributed by atoms with van der Waals surface area (Å²) in [6.07, 6.45) is 7.04. The molecule has 1 aliphatic carbocycles. The second-order valence-corrected chi connectivity index (χ2v) is 6.62. The van der Waals surface area contributed by atoms with E-state index in [-0.39, 0.29) is 23.7 Å². The average molecular weight is 358 g/mol. The van der Waals surface area contributed by atoms with Crippen LogP contribution < -0.4 is 16.8 Å². The first-order valence-corrected chi connectivity index (χ1v) is 8.54. The zero-order valence-corrected chi connectivity index (χ0v) is 14.3. The molecule has 2 aromatic heterocycles. The summed E-state index contributed by atoms with van der Waals surface area (Å²) in [4.78, 5) is 27.4. The van der Waals surface area contributed by atoms with Gasteiger partial charge < -0.3 is 26.3 Å². The second-order valence-electron chi connectivity index (χ2n) is 6.62. The van der Waals surface area contributed by atoms with Gasteiger partial charge in [0.05, 0.1) is 23.3 Å². The first-order chi connectivity index (χ1) is 12.4. The number of hydrogen-bond donors (Lipinski definition) is 4. The van der Waals surface area contributed by atoms with E-state index < -0.39 is 11.5 Å². The highest BCUT2D eigenvalue weighted by atomic mass is 16.4. The Morgan fingerprint density at radius 1 is 1.23 bits per heavy atom. The Labute approximate surface area is 150 Å². The second kappa shape index (κ2) is 7.17. The largest absolute Gasteiger partial charge is 0.478 e. The third-order valence-electron chi connectivity index (χ3n) is 4.77. The molecule has 0 radical (unpaired) electrons. The van der Waals surface area contributed by atoms with E-state index in [0.717, 1.165) is 19.3 Å². The molecule has 1 aliphatic rings. The van der Waals surface area contributed by atoms with Crippen LogP contribution in [0.2, 0.25) is 0 Å². The van der Waals surface area contributed by atoms with Crippen molar-refractivity contribution in [1.29, 1.82) is 0 Å². The van der Waals surface area contributed by atoms with Crippen molar-refractivity contribution in [3.8, 4) is 11.3 Å². The van der Waals surface area contributed by atoms with E-state index >= 15 is 0 Å². The number of aromatic nitrogens is 1. The van der Waals surface area contributed by atoms with E-state index in [1.807, 2.05) is 0 Å². The van der Waals surface area contributed by atoms with Gasteiger partial charge in [-0.3, -0.25) is 9.78 Å². The van der Waals surface area contributed by atoms with Crippen molar-refractivity contribution in [2.45, 2.75) is 44.2 Å². The van der Waals surface area contributed by atoms with Gasteiger partial charge in [0.15, 0.2) is 0 Å². The van der Waals surface area contributed by atoms with E-state index in [2.05, 4.69) is 10.3 Å². The third-order valence-corrected chi connectivity index (χ3v) is 4.77. The minimum absolute atomic E-state index is 0.0838. The number of carbonyl (C=O) groups is 2. The van der Waals surface area contributed by atoms with Gasteiger partial charge in [0.2, 0.25) is 5.91 Å². The van der Waals surface area contributed by atoms with Crippen LogP contribution in [0.3, 0.4) is 0 Å². The number of carboxylic acid groups (broad SMARTS) is 1. The highest BCUT2D eigenvalue weighted by Crippen LogP contribution is 2.30. The van der Waals surface area contributed by atoms with Crippen LogP contribution in [0.15, 0.2) is 28.9 Å². The van der Waals surface area contributed by atoms with Crippen molar-refractivity contribution >= 4 is 17.6 Å². The number of carbonyl (C=O) groups excluding carboxylic acids is 1. The Hall–Kier alpha value is -2.87. The maximum Gasteiger partial charge on any atom is 0.339 e. The number of nitrogens with one attached hydrogen (secondary N) is 1. The van der Waals surface area contributed by atoms with Crippen LogP contribution in [-0.2, 0) is 11.3 Å². The minimum Gasteiger partial charge on any atom is -0.478 e. The fraction of sp³-hybridized carbons (Fsp3) is 0.389. The lowest BCUT2D eigenvalue weighted by Gasteiger charge is -2.31. The number of anilines is 1. The summed E-state index contributed by atoms with van der Waals surface area (Å²) in [5.74, 6) is -0.420. The van der Waals surface area contributed by atoms with Gasteiger partial charge in [0.25, 0.3) is 0 Å². The van der Waals surface area contributed by atoms with Crippen LogP contribution in [0, 0.1) is 0 Å². The van der Waals surface area contributed by atoms with Gasteiger partial charge in [-0.1, -0.05) is 19.3 Å². The van der Waals surface area contributed by atoms with Gasteiger partial charge in [-0.15, -0.1) is 0 Å². The Kier molecular flexibility index (Phi) is 4.94. The highest BCUT2D eigenvalue weighted by molar-refractivity contribution is 5.97. The van der Waals surface area contributed by atoms with Crippen LogP contribution in [0.4, 0.5) is 5.69 Å². The molecule has 0 aromatic carbocycles. The number of hydrogen-bond acceptors (Lipinski definition) is 6. The molecule has 0 atom stereocenters. The summed E-state index contributed by atoms with van der Waals surface area (Å²) in [5.41, 5.74) is 11.7. The van der Waals surface area contributed by atoms with Gasteiger partial charge >= 0.3 is 5.97 Å². The molecule has 138 valence electrons. The van der Waals surface area contributed by atoms with E-state index in [9.17, 15) is 9.59 Å². The minimum atomic E-state index is -1.16. The van der Waals surface area contributed by atoms with Gasteiger partial charge in [0.1, 0.15) is 17.1 Å². The van der Waals surface area contributed by atoms with Gasteiger partial charge in [0, 0.05) is 12.4 Å². The Balaban J connectivity index is 1.70. The molecule has 1 saturated carbocycles. The van der Waals surface area contributed by atoms with Crippen molar-refractivity contribution in [3.63, 3.8) is 0 Å². The molecule has 0 aliphatic heterocycles.